The van der Waals surface area contributed by atoms with Crippen LogP contribution in [0.2, 0.25) is 0 Å². The van der Waals surface area contributed by atoms with Gasteiger partial charge in [0.1, 0.15) is 0 Å². The molecule has 1 fully saturated rings. The van der Waals surface area contributed by atoms with Gasteiger partial charge in [-0.2, -0.15) is 0 Å². The summed E-state index contributed by atoms with van der Waals surface area (Å²) in [5, 5.41) is 2.57. The van der Waals surface area contributed by atoms with E-state index in [4.69, 9.17) is 4.74 Å². The van der Waals surface area contributed by atoms with Gasteiger partial charge in [0.05, 0.1) is 10.8 Å². The number of carbonyl (C=O) groups is 2. The molecule has 0 unspecified atom stereocenters. The Hall–Kier alpha value is -1.93. The van der Waals surface area contributed by atoms with Crippen molar-refractivity contribution in [3.63, 3.8) is 0 Å². The molecule has 0 bridgehead atoms. The van der Waals surface area contributed by atoms with Gasteiger partial charge in [0.15, 0.2) is 6.10 Å². The largest absolute Gasteiger partial charge is 0.452 e. The van der Waals surface area contributed by atoms with E-state index >= 15 is 0 Å². The maximum atomic E-state index is 12.1. The van der Waals surface area contributed by atoms with Gasteiger partial charge in [-0.15, -0.1) is 0 Å². The second-order valence-electron chi connectivity index (χ2n) is 6.01. The lowest BCUT2D eigenvalue weighted by molar-refractivity contribution is -0.159. The third-order valence-electron chi connectivity index (χ3n) is 3.98. The van der Waals surface area contributed by atoms with Crippen LogP contribution in [0.3, 0.4) is 0 Å². The number of carbonyl (C=O) groups excluding carboxylic acids is 2. The zero-order valence-corrected chi connectivity index (χ0v) is 14.8. The molecule has 1 amide bonds. The normalized spacial score (nSPS) is 16.3. The molecule has 0 aliphatic heterocycles. The van der Waals surface area contributed by atoms with Crippen LogP contribution in [0.5, 0.6) is 0 Å². The Morgan fingerprint density at radius 3 is 2.50 bits per heavy atom. The molecule has 1 saturated carbocycles. The fraction of sp³-hybridized carbons (Fsp3) is 0.500. The van der Waals surface area contributed by atoms with E-state index in [2.05, 4.69) is 5.32 Å². The van der Waals surface area contributed by atoms with E-state index in [0.29, 0.717) is 5.69 Å². The maximum Gasteiger partial charge on any atom is 0.309 e. The molecular formula is C16H22N2O5S. The summed E-state index contributed by atoms with van der Waals surface area (Å²) in [6.07, 6.45) is 1.68. The molecule has 1 N–H and O–H groups in total. The van der Waals surface area contributed by atoms with E-state index < -0.39 is 22.0 Å². The molecule has 0 aromatic heterocycles. The zero-order chi connectivity index (χ0) is 17.9. The summed E-state index contributed by atoms with van der Waals surface area (Å²) < 4.78 is 30.5. The molecule has 8 heteroatoms. The first kappa shape index (κ1) is 18.4. The molecule has 0 radical (unpaired) electrons. The summed E-state index contributed by atoms with van der Waals surface area (Å²) in [4.78, 5) is 24.0. The lowest BCUT2D eigenvalue weighted by Gasteiger charge is -2.24. The van der Waals surface area contributed by atoms with Gasteiger partial charge in [0.2, 0.25) is 10.0 Å². The van der Waals surface area contributed by atoms with Crippen molar-refractivity contribution in [1.29, 1.82) is 0 Å². The topological polar surface area (TPSA) is 92.8 Å². The second kappa shape index (κ2) is 7.31. The number of anilines is 1. The summed E-state index contributed by atoms with van der Waals surface area (Å²) in [5.41, 5.74) is 0.328. The SMILES string of the molecule is C[C@@H](OC(=O)C1CCC1)C(=O)Nc1cccc(S(=O)(=O)N(C)C)c1. The van der Waals surface area contributed by atoms with Gasteiger partial charge in [0.25, 0.3) is 5.91 Å². The molecule has 1 aromatic rings. The third-order valence-corrected chi connectivity index (χ3v) is 5.79. The molecule has 1 aliphatic carbocycles. The third kappa shape index (κ3) is 4.12. The summed E-state index contributed by atoms with van der Waals surface area (Å²) in [5.74, 6) is -0.955. The van der Waals surface area contributed by atoms with Crippen LogP contribution in [-0.2, 0) is 24.3 Å². The highest BCUT2D eigenvalue weighted by Gasteiger charge is 2.29. The minimum atomic E-state index is -3.58. The summed E-state index contributed by atoms with van der Waals surface area (Å²) in [7, 11) is -0.719. The minimum absolute atomic E-state index is 0.0735. The number of nitrogens with one attached hydrogen (secondary N) is 1. The molecule has 7 nitrogen and oxygen atoms in total. The van der Waals surface area contributed by atoms with Crippen molar-refractivity contribution in [3.8, 4) is 0 Å². The molecule has 0 saturated heterocycles. The number of amides is 1. The quantitative estimate of drug-likeness (QED) is 0.784. The van der Waals surface area contributed by atoms with E-state index in [9.17, 15) is 18.0 Å². The van der Waals surface area contributed by atoms with Gasteiger partial charge < -0.3 is 10.1 Å². The van der Waals surface area contributed by atoms with E-state index in [0.717, 1.165) is 23.6 Å². The van der Waals surface area contributed by atoms with Gasteiger partial charge in [0, 0.05) is 19.8 Å². The zero-order valence-electron chi connectivity index (χ0n) is 14.0. The average molecular weight is 354 g/mol. The Balaban J connectivity index is 2.02. The number of benzene rings is 1. The van der Waals surface area contributed by atoms with Crippen molar-refractivity contribution in [2.45, 2.75) is 37.2 Å². The van der Waals surface area contributed by atoms with Crippen LogP contribution in [0.1, 0.15) is 26.2 Å². The van der Waals surface area contributed by atoms with Crippen molar-refractivity contribution in [1.82, 2.24) is 4.31 Å². The minimum Gasteiger partial charge on any atom is -0.452 e. The lowest BCUT2D eigenvalue weighted by Crippen LogP contribution is -2.34. The number of rotatable bonds is 6. The number of hydrogen-bond acceptors (Lipinski definition) is 5. The average Bonchev–Trinajstić information content (AvgIpc) is 2.45. The number of esters is 1. The molecule has 1 atom stereocenters. The Bertz CT molecular complexity index is 726. The number of ether oxygens (including phenoxy) is 1. The van der Waals surface area contributed by atoms with Crippen LogP contribution in [0, 0.1) is 5.92 Å². The highest BCUT2D eigenvalue weighted by atomic mass is 32.2. The van der Waals surface area contributed by atoms with E-state index in [1.807, 2.05) is 0 Å². The molecule has 0 spiro atoms. The van der Waals surface area contributed by atoms with Gasteiger partial charge in [-0.05, 0) is 38.0 Å². The first-order valence-corrected chi connectivity index (χ1v) is 9.20. The molecule has 1 aromatic carbocycles. The second-order valence-corrected chi connectivity index (χ2v) is 8.16. The highest BCUT2D eigenvalue weighted by Crippen LogP contribution is 2.28. The monoisotopic (exact) mass is 354 g/mol. The Kier molecular flexibility index (Phi) is 5.61. The smallest absolute Gasteiger partial charge is 0.309 e. The Morgan fingerprint density at radius 1 is 1.29 bits per heavy atom. The van der Waals surface area contributed by atoms with Crippen LogP contribution >= 0.6 is 0 Å². The van der Waals surface area contributed by atoms with E-state index in [-0.39, 0.29) is 16.8 Å². The van der Waals surface area contributed by atoms with Gasteiger partial charge in [-0.1, -0.05) is 12.5 Å². The molecule has 24 heavy (non-hydrogen) atoms. The Labute approximate surface area is 142 Å². The number of sulfonamides is 1. The van der Waals surface area contributed by atoms with Crippen molar-refractivity contribution < 1.29 is 22.7 Å². The maximum absolute atomic E-state index is 12.1. The molecular weight excluding hydrogens is 332 g/mol. The van der Waals surface area contributed by atoms with Crippen LogP contribution in [0.4, 0.5) is 5.69 Å². The van der Waals surface area contributed by atoms with E-state index in [1.165, 1.54) is 39.2 Å². The van der Waals surface area contributed by atoms with Crippen LogP contribution in [-0.4, -0.2) is 44.8 Å². The van der Waals surface area contributed by atoms with Crippen molar-refractivity contribution in [2.75, 3.05) is 19.4 Å². The first-order chi connectivity index (χ1) is 11.2. The predicted molar refractivity (Wildman–Crippen MR) is 88.8 cm³/mol. The number of nitrogens with zero attached hydrogens (tertiary/aromatic N) is 1. The Morgan fingerprint density at radius 2 is 1.96 bits per heavy atom. The summed E-state index contributed by atoms with van der Waals surface area (Å²) in [6, 6.07) is 5.93. The van der Waals surface area contributed by atoms with Crippen molar-refractivity contribution in [2.24, 2.45) is 5.92 Å². The van der Waals surface area contributed by atoms with Gasteiger partial charge in [-0.25, -0.2) is 12.7 Å². The van der Waals surface area contributed by atoms with Crippen LogP contribution < -0.4 is 5.32 Å². The fourth-order valence-electron chi connectivity index (χ4n) is 2.16. The molecule has 2 rings (SSSR count). The van der Waals surface area contributed by atoms with Gasteiger partial charge >= 0.3 is 5.97 Å². The number of hydrogen-bond donors (Lipinski definition) is 1. The molecule has 1 aliphatic rings. The van der Waals surface area contributed by atoms with Crippen LogP contribution in [0.25, 0.3) is 0 Å². The van der Waals surface area contributed by atoms with Crippen LogP contribution in [0.15, 0.2) is 29.2 Å². The first-order valence-electron chi connectivity index (χ1n) is 7.76. The standard InChI is InChI=1S/C16H22N2O5S/c1-11(23-16(20)12-6-4-7-12)15(19)17-13-8-5-9-14(10-13)24(21,22)18(2)3/h5,8-12H,4,6-7H2,1-3H3,(H,17,19)/t11-/m1/s1. The summed E-state index contributed by atoms with van der Waals surface area (Å²) >= 11 is 0. The highest BCUT2D eigenvalue weighted by molar-refractivity contribution is 7.89. The molecule has 132 valence electrons. The summed E-state index contributed by atoms with van der Waals surface area (Å²) in [6.45, 7) is 1.49. The van der Waals surface area contributed by atoms with Crippen molar-refractivity contribution >= 4 is 27.6 Å². The molecule has 0 heterocycles. The fourth-order valence-corrected chi connectivity index (χ4v) is 3.11. The predicted octanol–water partition coefficient (Wildman–Crippen LogP) is 1.61. The van der Waals surface area contributed by atoms with E-state index in [1.54, 1.807) is 6.07 Å². The lowest BCUT2D eigenvalue weighted by atomic mass is 9.86. The van der Waals surface area contributed by atoms with Gasteiger partial charge in [-0.3, -0.25) is 9.59 Å². The van der Waals surface area contributed by atoms with Crippen molar-refractivity contribution in [3.05, 3.63) is 24.3 Å².